The number of carbonyl (C=O) groups is 2. The Balaban J connectivity index is 1.54. The highest BCUT2D eigenvalue weighted by atomic mass is 19.4. The van der Waals surface area contributed by atoms with Crippen LogP contribution in [0.1, 0.15) is 45.9 Å². The molecule has 5 rings (SSSR count). The first kappa shape index (κ1) is 21.9. The van der Waals surface area contributed by atoms with Crippen molar-refractivity contribution in [2.45, 2.75) is 25.1 Å². The van der Waals surface area contributed by atoms with Crippen LogP contribution in [0.2, 0.25) is 0 Å². The number of hydrogen-bond donors (Lipinski definition) is 2. The number of benzene rings is 3. The van der Waals surface area contributed by atoms with Gasteiger partial charge in [0.25, 0.3) is 0 Å². The first-order valence-electron chi connectivity index (χ1n) is 11.0. The Morgan fingerprint density at radius 3 is 2.32 bits per heavy atom. The van der Waals surface area contributed by atoms with Crippen molar-refractivity contribution < 1.29 is 22.8 Å². The standard InChI is InChI=1S/C27H21F3N2O2/c28-27(29,30)19-12-9-16(10-13-19)25-24-21(7-4-8-23(24)33)31-22-15-18(11-14-20(22)32-25)26(34)17-5-2-1-3-6-17/h1-3,5-7,9-15,24-25,31-32H,4,8H2/t24-,25-/m0/s1. The summed E-state index contributed by atoms with van der Waals surface area (Å²) in [7, 11) is 0. The van der Waals surface area contributed by atoms with Gasteiger partial charge >= 0.3 is 6.18 Å². The van der Waals surface area contributed by atoms with E-state index in [0.29, 0.717) is 46.6 Å². The van der Waals surface area contributed by atoms with Gasteiger partial charge in [0.1, 0.15) is 5.78 Å². The molecular weight excluding hydrogens is 441 g/mol. The van der Waals surface area contributed by atoms with Gasteiger partial charge in [-0.1, -0.05) is 48.5 Å². The summed E-state index contributed by atoms with van der Waals surface area (Å²) in [5.41, 5.74) is 2.90. The van der Waals surface area contributed by atoms with Crippen molar-refractivity contribution in [3.8, 4) is 0 Å². The highest BCUT2D eigenvalue weighted by molar-refractivity contribution is 6.10. The molecule has 0 amide bonds. The number of Topliss-reactive ketones (excluding diaryl/α,β-unsaturated/α-hetero) is 1. The second-order valence-electron chi connectivity index (χ2n) is 8.46. The van der Waals surface area contributed by atoms with Gasteiger partial charge in [0, 0.05) is 23.2 Å². The van der Waals surface area contributed by atoms with Crippen molar-refractivity contribution in [1.29, 1.82) is 0 Å². The third-order valence-corrected chi connectivity index (χ3v) is 6.28. The highest BCUT2D eigenvalue weighted by Crippen LogP contribution is 2.42. The highest BCUT2D eigenvalue weighted by Gasteiger charge is 2.38. The summed E-state index contributed by atoms with van der Waals surface area (Å²) in [5, 5.41) is 6.67. The lowest BCUT2D eigenvalue weighted by atomic mass is 9.82. The summed E-state index contributed by atoms with van der Waals surface area (Å²) in [6.45, 7) is 0. The summed E-state index contributed by atoms with van der Waals surface area (Å²) >= 11 is 0. The largest absolute Gasteiger partial charge is 0.416 e. The molecule has 1 aliphatic carbocycles. The molecule has 0 bridgehead atoms. The molecular formula is C27H21F3N2O2. The number of halogens is 3. The monoisotopic (exact) mass is 462 g/mol. The first-order chi connectivity index (χ1) is 16.3. The number of anilines is 2. The fourth-order valence-corrected chi connectivity index (χ4v) is 4.55. The first-order valence-corrected chi connectivity index (χ1v) is 11.0. The molecule has 1 aliphatic heterocycles. The molecule has 4 nitrogen and oxygen atoms in total. The predicted molar refractivity (Wildman–Crippen MR) is 124 cm³/mol. The number of hydrogen-bond acceptors (Lipinski definition) is 4. The normalized spacial score (nSPS) is 19.6. The van der Waals surface area contributed by atoms with Crippen LogP contribution in [0.4, 0.5) is 24.5 Å². The minimum atomic E-state index is -4.43. The third-order valence-electron chi connectivity index (χ3n) is 6.28. The van der Waals surface area contributed by atoms with E-state index in [1.807, 2.05) is 12.1 Å². The van der Waals surface area contributed by atoms with Crippen molar-refractivity contribution in [1.82, 2.24) is 0 Å². The van der Waals surface area contributed by atoms with Gasteiger partial charge in [-0.15, -0.1) is 0 Å². The van der Waals surface area contributed by atoms with Gasteiger partial charge in [0.05, 0.1) is 28.9 Å². The zero-order chi connectivity index (χ0) is 23.9. The molecule has 0 spiro atoms. The molecule has 0 saturated carbocycles. The topological polar surface area (TPSA) is 58.2 Å². The summed E-state index contributed by atoms with van der Waals surface area (Å²) in [4.78, 5) is 25.9. The molecule has 1 heterocycles. The van der Waals surface area contributed by atoms with Crippen LogP contribution in [0.3, 0.4) is 0 Å². The van der Waals surface area contributed by atoms with Crippen LogP contribution in [0.25, 0.3) is 0 Å². The average molecular weight is 462 g/mol. The SMILES string of the molecule is O=C(c1ccccc1)c1ccc2c(c1)NC1=CCCC(=O)[C@H]1[C@H](c1ccc(C(F)(F)F)cc1)N2. The minimum absolute atomic E-state index is 0.00999. The Labute approximate surface area is 194 Å². The molecule has 2 atom stereocenters. The molecule has 0 unspecified atom stereocenters. The van der Waals surface area contributed by atoms with Gasteiger partial charge in [-0.05, 0) is 42.3 Å². The lowest BCUT2D eigenvalue weighted by Crippen LogP contribution is -2.31. The van der Waals surface area contributed by atoms with Crippen molar-refractivity contribution in [2.24, 2.45) is 5.92 Å². The van der Waals surface area contributed by atoms with E-state index in [9.17, 15) is 22.8 Å². The molecule has 2 N–H and O–H groups in total. The summed E-state index contributed by atoms with van der Waals surface area (Å²) in [6, 6.07) is 18.5. The van der Waals surface area contributed by atoms with Crippen LogP contribution < -0.4 is 10.6 Å². The van der Waals surface area contributed by atoms with E-state index in [4.69, 9.17) is 0 Å². The molecule has 0 fully saturated rings. The van der Waals surface area contributed by atoms with Gasteiger partial charge in [-0.2, -0.15) is 13.2 Å². The van der Waals surface area contributed by atoms with Crippen LogP contribution in [-0.2, 0) is 11.0 Å². The molecule has 7 heteroatoms. The maximum absolute atomic E-state index is 13.1. The Bertz CT molecular complexity index is 1280. The third kappa shape index (κ3) is 4.09. The number of carbonyl (C=O) groups excluding carboxylic acids is 2. The Hall–Kier alpha value is -3.87. The Morgan fingerprint density at radius 1 is 0.882 bits per heavy atom. The van der Waals surface area contributed by atoms with Gasteiger partial charge < -0.3 is 10.6 Å². The predicted octanol–water partition coefficient (Wildman–Crippen LogP) is 6.38. The van der Waals surface area contributed by atoms with E-state index < -0.39 is 23.7 Å². The Kier molecular flexibility index (Phi) is 5.48. The second-order valence-corrected chi connectivity index (χ2v) is 8.46. The number of rotatable bonds is 3. The van der Waals surface area contributed by atoms with Crippen molar-refractivity contribution >= 4 is 22.9 Å². The number of nitrogens with one attached hydrogen (secondary N) is 2. The number of ketones is 2. The minimum Gasteiger partial charge on any atom is -0.375 e. The molecule has 3 aromatic rings. The van der Waals surface area contributed by atoms with Crippen molar-refractivity contribution in [2.75, 3.05) is 10.6 Å². The molecule has 0 saturated heterocycles. The van der Waals surface area contributed by atoms with E-state index in [0.717, 1.165) is 12.1 Å². The van der Waals surface area contributed by atoms with Crippen molar-refractivity contribution in [3.05, 3.63) is 107 Å². The van der Waals surface area contributed by atoms with Crippen LogP contribution in [0, 0.1) is 5.92 Å². The number of allylic oxidation sites excluding steroid dienone is 1. The quantitative estimate of drug-likeness (QED) is 0.444. The van der Waals surface area contributed by atoms with Gasteiger partial charge in [0.2, 0.25) is 0 Å². The summed E-state index contributed by atoms with van der Waals surface area (Å²) < 4.78 is 39.2. The van der Waals surface area contributed by atoms with Crippen LogP contribution in [0.15, 0.2) is 84.6 Å². The van der Waals surface area contributed by atoms with Gasteiger partial charge in [0.15, 0.2) is 5.78 Å². The lowest BCUT2D eigenvalue weighted by Gasteiger charge is -2.29. The Morgan fingerprint density at radius 2 is 1.62 bits per heavy atom. The molecule has 0 radical (unpaired) electrons. The lowest BCUT2D eigenvalue weighted by molar-refractivity contribution is -0.137. The van der Waals surface area contributed by atoms with E-state index >= 15 is 0 Å². The van der Waals surface area contributed by atoms with Gasteiger partial charge in [-0.3, -0.25) is 9.59 Å². The zero-order valence-corrected chi connectivity index (χ0v) is 18.0. The summed E-state index contributed by atoms with van der Waals surface area (Å²) in [5.74, 6) is -0.694. The van der Waals surface area contributed by atoms with E-state index in [1.165, 1.54) is 12.1 Å². The fraction of sp³-hybridized carbons (Fsp3) is 0.185. The summed E-state index contributed by atoms with van der Waals surface area (Å²) in [6.07, 6.45) is -1.54. The number of alkyl halides is 3. The fourth-order valence-electron chi connectivity index (χ4n) is 4.55. The number of fused-ring (bicyclic) bond motifs is 2. The smallest absolute Gasteiger partial charge is 0.375 e. The van der Waals surface area contributed by atoms with Crippen molar-refractivity contribution in [3.63, 3.8) is 0 Å². The van der Waals surface area contributed by atoms with Crippen LogP contribution in [0.5, 0.6) is 0 Å². The van der Waals surface area contributed by atoms with Crippen LogP contribution in [-0.4, -0.2) is 11.6 Å². The maximum Gasteiger partial charge on any atom is 0.416 e. The van der Waals surface area contributed by atoms with E-state index in [-0.39, 0.29) is 11.6 Å². The zero-order valence-electron chi connectivity index (χ0n) is 18.0. The maximum atomic E-state index is 13.1. The van der Waals surface area contributed by atoms with Crippen LogP contribution >= 0.6 is 0 Å². The van der Waals surface area contributed by atoms with E-state index in [1.54, 1.807) is 42.5 Å². The second kappa shape index (κ2) is 8.48. The molecule has 34 heavy (non-hydrogen) atoms. The average Bonchev–Trinajstić information content (AvgIpc) is 3.00. The molecule has 3 aromatic carbocycles. The molecule has 0 aromatic heterocycles. The molecule has 2 aliphatic rings. The molecule has 172 valence electrons. The van der Waals surface area contributed by atoms with E-state index in [2.05, 4.69) is 10.6 Å². The van der Waals surface area contributed by atoms with Gasteiger partial charge in [-0.25, -0.2) is 0 Å².